The number of furan rings is 1. The lowest BCUT2D eigenvalue weighted by molar-refractivity contribution is 0.374. The molecule has 0 unspecified atom stereocenters. The number of rotatable bonds is 3. The predicted octanol–water partition coefficient (Wildman–Crippen LogP) is 3.27. The Morgan fingerprint density at radius 3 is 2.62 bits per heavy atom. The van der Waals surface area contributed by atoms with Crippen molar-refractivity contribution in [1.29, 1.82) is 0 Å². The van der Waals surface area contributed by atoms with Crippen LogP contribution in [0.5, 0.6) is 0 Å². The minimum absolute atomic E-state index is 0.122. The van der Waals surface area contributed by atoms with E-state index in [-0.39, 0.29) is 5.41 Å². The van der Waals surface area contributed by atoms with Gasteiger partial charge in [0.1, 0.15) is 11.3 Å². The van der Waals surface area contributed by atoms with Crippen LogP contribution in [0.15, 0.2) is 28.7 Å². The molecule has 0 bridgehead atoms. The molecular weight excluding hydrogens is 198 g/mol. The van der Waals surface area contributed by atoms with Crippen LogP contribution in [0.2, 0.25) is 0 Å². The van der Waals surface area contributed by atoms with Gasteiger partial charge in [-0.3, -0.25) is 0 Å². The second kappa shape index (κ2) is 3.95. The Kier molecular flexibility index (Phi) is 2.76. The second-order valence-electron chi connectivity index (χ2n) is 5.18. The van der Waals surface area contributed by atoms with Gasteiger partial charge >= 0.3 is 0 Å². The maximum atomic E-state index is 5.79. The summed E-state index contributed by atoms with van der Waals surface area (Å²) in [7, 11) is 0. The van der Waals surface area contributed by atoms with Crippen LogP contribution in [0.1, 0.15) is 25.2 Å². The van der Waals surface area contributed by atoms with E-state index < -0.39 is 0 Å². The SMILES string of the molecule is Cc1oc2ccccc2c1CC(C)(C)CN. The smallest absolute Gasteiger partial charge is 0.134 e. The highest BCUT2D eigenvalue weighted by atomic mass is 16.3. The van der Waals surface area contributed by atoms with Crippen LogP contribution in [0.3, 0.4) is 0 Å². The molecule has 0 saturated carbocycles. The first-order valence-corrected chi connectivity index (χ1v) is 5.70. The first-order chi connectivity index (χ1) is 7.53. The fourth-order valence-electron chi connectivity index (χ4n) is 1.99. The Labute approximate surface area is 96.4 Å². The third kappa shape index (κ3) is 1.98. The predicted molar refractivity (Wildman–Crippen MR) is 67.5 cm³/mol. The summed E-state index contributed by atoms with van der Waals surface area (Å²) < 4.78 is 5.75. The molecule has 0 aliphatic rings. The number of fused-ring (bicyclic) bond motifs is 1. The number of nitrogens with two attached hydrogens (primary N) is 1. The molecule has 2 heteroatoms. The van der Waals surface area contributed by atoms with E-state index in [1.165, 1.54) is 10.9 Å². The van der Waals surface area contributed by atoms with Crippen LogP contribution in [0.4, 0.5) is 0 Å². The van der Waals surface area contributed by atoms with Gasteiger partial charge in [-0.05, 0) is 31.4 Å². The van der Waals surface area contributed by atoms with Crippen molar-refractivity contribution in [1.82, 2.24) is 0 Å². The normalized spacial score (nSPS) is 12.2. The molecule has 16 heavy (non-hydrogen) atoms. The summed E-state index contributed by atoms with van der Waals surface area (Å²) in [6.07, 6.45) is 0.965. The van der Waals surface area contributed by atoms with Gasteiger partial charge in [-0.1, -0.05) is 32.0 Å². The lowest BCUT2D eigenvalue weighted by atomic mass is 9.85. The van der Waals surface area contributed by atoms with Gasteiger partial charge < -0.3 is 10.2 Å². The van der Waals surface area contributed by atoms with Gasteiger partial charge in [0.25, 0.3) is 0 Å². The number of hydrogen-bond donors (Lipinski definition) is 1. The number of para-hydroxylation sites is 1. The molecule has 2 nitrogen and oxygen atoms in total. The van der Waals surface area contributed by atoms with Crippen molar-refractivity contribution in [3.8, 4) is 0 Å². The molecule has 1 aromatic heterocycles. The number of hydrogen-bond acceptors (Lipinski definition) is 2. The van der Waals surface area contributed by atoms with E-state index in [1.54, 1.807) is 0 Å². The topological polar surface area (TPSA) is 39.2 Å². The minimum Gasteiger partial charge on any atom is -0.461 e. The van der Waals surface area contributed by atoms with E-state index in [0.29, 0.717) is 6.54 Å². The molecule has 2 N–H and O–H groups in total. The van der Waals surface area contributed by atoms with E-state index in [0.717, 1.165) is 17.8 Å². The van der Waals surface area contributed by atoms with Crippen molar-refractivity contribution in [3.63, 3.8) is 0 Å². The van der Waals surface area contributed by atoms with Crippen LogP contribution in [-0.2, 0) is 6.42 Å². The van der Waals surface area contributed by atoms with Crippen LogP contribution < -0.4 is 5.73 Å². The molecular formula is C14H19NO. The molecule has 86 valence electrons. The molecule has 1 aromatic carbocycles. The molecule has 0 saturated heterocycles. The van der Waals surface area contributed by atoms with Gasteiger partial charge in [-0.2, -0.15) is 0 Å². The van der Waals surface area contributed by atoms with Gasteiger partial charge in [0.05, 0.1) is 0 Å². The summed E-state index contributed by atoms with van der Waals surface area (Å²) in [5, 5.41) is 1.22. The highest BCUT2D eigenvalue weighted by Crippen LogP contribution is 2.30. The van der Waals surface area contributed by atoms with Gasteiger partial charge in [-0.15, -0.1) is 0 Å². The van der Waals surface area contributed by atoms with Gasteiger partial charge in [0.2, 0.25) is 0 Å². The van der Waals surface area contributed by atoms with E-state index in [9.17, 15) is 0 Å². The minimum atomic E-state index is 0.122. The summed E-state index contributed by atoms with van der Waals surface area (Å²) in [6, 6.07) is 8.19. The van der Waals surface area contributed by atoms with Crippen molar-refractivity contribution in [2.75, 3.05) is 6.54 Å². The van der Waals surface area contributed by atoms with Crippen molar-refractivity contribution in [2.45, 2.75) is 27.2 Å². The summed E-state index contributed by atoms with van der Waals surface area (Å²) in [5.41, 5.74) is 8.18. The first kappa shape index (κ1) is 11.2. The van der Waals surface area contributed by atoms with Crippen LogP contribution >= 0.6 is 0 Å². The van der Waals surface area contributed by atoms with Crippen molar-refractivity contribution in [2.24, 2.45) is 11.1 Å². The Bertz CT molecular complexity index is 496. The zero-order valence-corrected chi connectivity index (χ0v) is 10.2. The Morgan fingerprint density at radius 1 is 1.25 bits per heavy atom. The van der Waals surface area contributed by atoms with E-state index in [1.807, 2.05) is 19.1 Å². The maximum Gasteiger partial charge on any atom is 0.134 e. The quantitative estimate of drug-likeness (QED) is 0.857. The van der Waals surface area contributed by atoms with Gasteiger partial charge in [0, 0.05) is 10.9 Å². The first-order valence-electron chi connectivity index (χ1n) is 5.70. The molecule has 0 aliphatic carbocycles. The molecule has 1 heterocycles. The Morgan fingerprint density at radius 2 is 1.94 bits per heavy atom. The highest BCUT2D eigenvalue weighted by Gasteiger charge is 2.21. The molecule has 0 radical (unpaired) electrons. The van der Waals surface area contributed by atoms with Crippen LogP contribution in [0.25, 0.3) is 11.0 Å². The van der Waals surface area contributed by atoms with Gasteiger partial charge in [-0.25, -0.2) is 0 Å². The lowest BCUT2D eigenvalue weighted by Gasteiger charge is -2.21. The standard InChI is InChI=1S/C14H19NO/c1-10-12(8-14(2,3)9-15)11-6-4-5-7-13(11)16-10/h4-7H,8-9,15H2,1-3H3. The third-order valence-corrected chi connectivity index (χ3v) is 3.11. The fourth-order valence-corrected chi connectivity index (χ4v) is 1.99. The summed E-state index contributed by atoms with van der Waals surface area (Å²) in [6.45, 7) is 7.09. The van der Waals surface area contributed by atoms with Crippen LogP contribution in [0, 0.1) is 12.3 Å². The molecule has 0 spiro atoms. The monoisotopic (exact) mass is 217 g/mol. The molecule has 0 fully saturated rings. The largest absolute Gasteiger partial charge is 0.461 e. The summed E-state index contributed by atoms with van der Waals surface area (Å²) in [5.74, 6) is 1.02. The molecule has 0 aliphatic heterocycles. The maximum absolute atomic E-state index is 5.79. The van der Waals surface area contributed by atoms with Crippen molar-refractivity contribution < 1.29 is 4.42 Å². The average Bonchev–Trinajstić information content (AvgIpc) is 2.56. The molecule has 2 aromatic rings. The van der Waals surface area contributed by atoms with Crippen LogP contribution in [-0.4, -0.2) is 6.54 Å². The van der Waals surface area contributed by atoms with Crippen molar-refractivity contribution in [3.05, 3.63) is 35.6 Å². The molecule has 0 atom stereocenters. The van der Waals surface area contributed by atoms with Gasteiger partial charge in [0.15, 0.2) is 0 Å². The highest BCUT2D eigenvalue weighted by molar-refractivity contribution is 5.82. The third-order valence-electron chi connectivity index (χ3n) is 3.11. The summed E-state index contributed by atoms with van der Waals surface area (Å²) in [4.78, 5) is 0. The van der Waals surface area contributed by atoms with E-state index in [4.69, 9.17) is 10.2 Å². The second-order valence-corrected chi connectivity index (χ2v) is 5.18. The zero-order valence-electron chi connectivity index (χ0n) is 10.2. The molecule has 0 amide bonds. The molecule has 2 rings (SSSR count). The number of benzene rings is 1. The van der Waals surface area contributed by atoms with Crippen molar-refractivity contribution >= 4 is 11.0 Å². The Hall–Kier alpha value is -1.28. The average molecular weight is 217 g/mol. The van der Waals surface area contributed by atoms with E-state index in [2.05, 4.69) is 26.0 Å². The summed E-state index contributed by atoms with van der Waals surface area (Å²) >= 11 is 0. The number of aryl methyl sites for hydroxylation is 1. The Balaban J connectivity index is 2.47. The van der Waals surface area contributed by atoms with E-state index >= 15 is 0 Å². The fraction of sp³-hybridized carbons (Fsp3) is 0.429. The zero-order chi connectivity index (χ0) is 11.8. The lowest BCUT2D eigenvalue weighted by Crippen LogP contribution is -2.26.